The van der Waals surface area contributed by atoms with Gasteiger partial charge in [-0.2, -0.15) is 0 Å². The van der Waals surface area contributed by atoms with Gasteiger partial charge in [-0.25, -0.2) is 18.4 Å². The van der Waals surface area contributed by atoms with Crippen LogP contribution < -0.4 is 15.5 Å². The number of rotatable bonds is 7. The lowest BCUT2D eigenvalue weighted by Gasteiger charge is -2.16. The highest BCUT2D eigenvalue weighted by molar-refractivity contribution is 5.90. The largest absolute Gasteiger partial charge is 0.453 e. The minimum absolute atomic E-state index is 0.0242. The van der Waals surface area contributed by atoms with Gasteiger partial charge in [0.2, 0.25) is 0 Å². The van der Waals surface area contributed by atoms with E-state index in [4.69, 9.17) is 4.74 Å². The van der Waals surface area contributed by atoms with Crippen LogP contribution in [0.4, 0.5) is 29.7 Å². The number of ether oxygens (including phenoxy) is 2. The fourth-order valence-corrected chi connectivity index (χ4v) is 2.48. The number of anilines is 2. The van der Waals surface area contributed by atoms with E-state index in [1.165, 1.54) is 7.11 Å². The predicted molar refractivity (Wildman–Crippen MR) is 92.1 cm³/mol. The van der Waals surface area contributed by atoms with Crippen LogP contribution in [0.25, 0.3) is 0 Å². The molecule has 1 aliphatic rings. The minimum Gasteiger partial charge on any atom is -0.453 e. The number of methoxy groups -OCH3 is 1. The summed E-state index contributed by atoms with van der Waals surface area (Å²) in [4.78, 5) is 24.1. The van der Waals surface area contributed by atoms with E-state index in [2.05, 4.69) is 21.9 Å². The first-order chi connectivity index (χ1) is 12.3. The summed E-state index contributed by atoms with van der Waals surface area (Å²) in [7, 11) is 1.21. The Bertz CT molecular complexity index is 688. The van der Waals surface area contributed by atoms with Crippen molar-refractivity contribution in [3.8, 4) is 0 Å². The van der Waals surface area contributed by atoms with Crippen LogP contribution in [0.15, 0.2) is 24.4 Å². The van der Waals surface area contributed by atoms with Crippen molar-refractivity contribution in [1.82, 2.24) is 5.32 Å². The first kappa shape index (κ1) is 19.5. The highest BCUT2D eigenvalue weighted by atomic mass is 19.1. The zero-order chi connectivity index (χ0) is 19.3. The van der Waals surface area contributed by atoms with E-state index in [1.807, 2.05) is 6.92 Å². The number of nitrogens with zero attached hydrogens (tertiary/aromatic N) is 1. The molecule has 1 heterocycles. The van der Waals surface area contributed by atoms with Crippen molar-refractivity contribution in [2.45, 2.75) is 25.9 Å². The maximum absolute atomic E-state index is 14.3. The third-order valence-electron chi connectivity index (χ3n) is 3.73. The molecule has 142 valence electrons. The molecule has 0 radical (unpaired) electrons. The summed E-state index contributed by atoms with van der Waals surface area (Å²) >= 11 is 0. The lowest BCUT2D eigenvalue weighted by molar-refractivity contribution is 0.132. The second-order valence-corrected chi connectivity index (χ2v) is 5.75. The van der Waals surface area contributed by atoms with Crippen molar-refractivity contribution in [3.63, 3.8) is 0 Å². The molecule has 2 N–H and O–H groups in total. The maximum Gasteiger partial charge on any atom is 0.414 e. The summed E-state index contributed by atoms with van der Waals surface area (Å²) in [6, 6.07) is 2.09. The molecule has 2 amide bonds. The number of nitrogens with one attached hydrogen (secondary N) is 2. The van der Waals surface area contributed by atoms with Gasteiger partial charge in [-0.1, -0.05) is 19.9 Å². The summed E-state index contributed by atoms with van der Waals surface area (Å²) in [5.41, 5.74) is 0.202. The summed E-state index contributed by atoms with van der Waals surface area (Å²) in [5, 5.41) is 5.02. The lowest BCUT2D eigenvalue weighted by atomic mass is 10.2. The highest BCUT2D eigenvalue weighted by Crippen LogP contribution is 2.29. The van der Waals surface area contributed by atoms with Gasteiger partial charge in [0, 0.05) is 17.8 Å². The first-order valence-corrected chi connectivity index (χ1v) is 8.09. The Kier molecular flexibility index (Phi) is 6.37. The van der Waals surface area contributed by atoms with Crippen LogP contribution in [-0.2, 0) is 9.47 Å². The number of hydrogen-bond acceptors (Lipinski definition) is 5. The number of benzene rings is 1. The monoisotopic (exact) mass is 369 g/mol. The van der Waals surface area contributed by atoms with Crippen LogP contribution >= 0.6 is 0 Å². The molecule has 2 rings (SSSR count). The summed E-state index contributed by atoms with van der Waals surface area (Å²) < 4.78 is 38.1. The van der Waals surface area contributed by atoms with Gasteiger partial charge in [-0.15, -0.1) is 0 Å². The standard InChI is InChI=1S/C17H21F2N3O4/c1-4-5-10(2)21-15-13(18)6-11(7-14(15)19)22-9-12(26-17(22)24)8-20-16(23)25-3/h6-7,12,21H,2,4-5,8-9H2,1,3H3,(H,20,23)/t12-/m0/s1. The molecule has 0 unspecified atom stereocenters. The molecule has 1 aromatic rings. The van der Waals surface area contributed by atoms with E-state index >= 15 is 0 Å². The fourth-order valence-electron chi connectivity index (χ4n) is 2.48. The zero-order valence-electron chi connectivity index (χ0n) is 14.6. The van der Waals surface area contributed by atoms with Crippen LogP contribution in [-0.4, -0.2) is 38.5 Å². The third-order valence-corrected chi connectivity index (χ3v) is 3.73. The van der Waals surface area contributed by atoms with Crippen LogP contribution in [0.3, 0.4) is 0 Å². The summed E-state index contributed by atoms with van der Waals surface area (Å²) in [5.74, 6) is -1.69. The number of carbonyl (C=O) groups excluding carboxylic acids is 2. The molecular weight excluding hydrogens is 348 g/mol. The number of alkyl carbamates (subject to hydrolysis) is 1. The normalized spacial score (nSPS) is 16.2. The highest BCUT2D eigenvalue weighted by Gasteiger charge is 2.33. The molecule has 9 heteroatoms. The molecule has 1 aliphatic heterocycles. The quantitative estimate of drug-likeness (QED) is 0.770. The van der Waals surface area contributed by atoms with Gasteiger partial charge in [0.15, 0.2) is 11.6 Å². The van der Waals surface area contributed by atoms with E-state index in [0.29, 0.717) is 12.1 Å². The topological polar surface area (TPSA) is 79.9 Å². The Balaban J connectivity index is 2.10. The fraction of sp³-hybridized carbons (Fsp3) is 0.412. The molecule has 26 heavy (non-hydrogen) atoms. The van der Waals surface area contributed by atoms with E-state index in [-0.39, 0.29) is 24.5 Å². The SMILES string of the molecule is C=C(CCC)Nc1c(F)cc(N2C[C@H](CNC(=O)OC)OC2=O)cc1F. The minimum atomic E-state index is -0.846. The molecule has 7 nitrogen and oxygen atoms in total. The molecule has 0 aromatic heterocycles. The Morgan fingerprint density at radius 2 is 2.08 bits per heavy atom. The van der Waals surface area contributed by atoms with Crippen LogP contribution in [0.1, 0.15) is 19.8 Å². The molecule has 1 saturated heterocycles. The molecule has 1 atom stereocenters. The van der Waals surface area contributed by atoms with Crippen molar-refractivity contribution in [2.75, 3.05) is 30.4 Å². The first-order valence-electron chi connectivity index (χ1n) is 8.09. The number of allylic oxidation sites excluding steroid dienone is 1. The van der Waals surface area contributed by atoms with Crippen molar-refractivity contribution < 1.29 is 27.8 Å². The van der Waals surface area contributed by atoms with Gasteiger partial charge < -0.3 is 20.1 Å². The van der Waals surface area contributed by atoms with Gasteiger partial charge in [0.1, 0.15) is 11.8 Å². The third kappa shape index (κ3) is 4.62. The van der Waals surface area contributed by atoms with Gasteiger partial charge >= 0.3 is 12.2 Å². The van der Waals surface area contributed by atoms with E-state index in [1.54, 1.807) is 0 Å². The average Bonchev–Trinajstić information content (AvgIpc) is 2.97. The molecule has 1 fully saturated rings. The predicted octanol–water partition coefficient (Wildman–Crippen LogP) is 3.37. The second kappa shape index (κ2) is 8.50. The molecule has 0 bridgehead atoms. The number of amides is 2. The Labute approximate surface area is 149 Å². The molecular formula is C17H21F2N3O4. The molecule has 0 spiro atoms. The zero-order valence-corrected chi connectivity index (χ0v) is 14.6. The second-order valence-electron chi connectivity index (χ2n) is 5.75. The van der Waals surface area contributed by atoms with Gasteiger partial charge in [0.25, 0.3) is 0 Å². The number of cyclic esters (lactones) is 1. The van der Waals surface area contributed by atoms with Crippen molar-refractivity contribution >= 4 is 23.6 Å². The lowest BCUT2D eigenvalue weighted by Crippen LogP contribution is -2.34. The van der Waals surface area contributed by atoms with Crippen LogP contribution in [0.5, 0.6) is 0 Å². The molecule has 0 saturated carbocycles. The number of halogens is 2. The van der Waals surface area contributed by atoms with Crippen LogP contribution in [0, 0.1) is 11.6 Å². The van der Waals surface area contributed by atoms with Crippen molar-refractivity contribution in [1.29, 1.82) is 0 Å². The van der Waals surface area contributed by atoms with Crippen molar-refractivity contribution in [3.05, 3.63) is 36.0 Å². The van der Waals surface area contributed by atoms with Gasteiger partial charge in [-0.3, -0.25) is 4.90 Å². The smallest absolute Gasteiger partial charge is 0.414 e. The van der Waals surface area contributed by atoms with Crippen LogP contribution in [0.2, 0.25) is 0 Å². The maximum atomic E-state index is 14.3. The Morgan fingerprint density at radius 3 is 2.65 bits per heavy atom. The van der Waals surface area contributed by atoms with E-state index in [0.717, 1.165) is 23.5 Å². The van der Waals surface area contributed by atoms with Gasteiger partial charge in [0.05, 0.1) is 25.9 Å². The summed E-state index contributed by atoms with van der Waals surface area (Å²) in [6.45, 7) is 5.70. The molecule has 1 aromatic carbocycles. The van der Waals surface area contributed by atoms with Crippen molar-refractivity contribution in [2.24, 2.45) is 0 Å². The number of carbonyl (C=O) groups is 2. The van der Waals surface area contributed by atoms with Gasteiger partial charge in [-0.05, 0) is 6.42 Å². The Morgan fingerprint density at radius 1 is 1.42 bits per heavy atom. The van der Waals surface area contributed by atoms with E-state index < -0.39 is 29.9 Å². The molecule has 0 aliphatic carbocycles. The summed E-state index contributed by atoms with van der Waals surface area (Å²) in [6.07, 6.45) is -0.715. The Hall–Kier alpha value is -2.84. The number of hydrogen-bond donors (Lipinski definition) is 2. The average molecular weight is 369 g/mol. The van der Waals surface area contributed by atoms with E-state index in [9.17, 15) is 18.4 Å².